The van der Waals surface area contributed by atoms with Crippen LogP contribution >= 0.6 is 15.9 Å². The van der Waals surface area contributed by atoms with E-state index >= 15 is 0 Å². The average molecular weight is 439 g/mol. The van der Waals surface area contributed by atoms with Crippen molar-refractivity contribution in [3.05, 3.63) is 108 Å². The number of halogens is 1. The molecule has 0 aliphatic rings. The molecule has 0 aliphatic carbocycles. The predicted molar refractivity (Wildman–Crippen MR) is 119 cm³/mol. The SMILES string of the molecule is Brc1cncc2ccccc12.C(#Cc1cncc2ccccc12)c1ncccn1. The van der Waals surface area contributed by atoms with Crippen LogP contribution in [0.5, 0.6) is 0 Å². The third-order valence-corrected chi connectivity index (χ3v) is 4.79. The molecule has 3 aromatic heterocycles. The normalized spacial score (nSPS) is 9.97. The Bertz CT molecular complexity index is 1310. The van der Waals surface area contributed by atoms with Crippen molar-refractivity contribution < 1.29 is 0 Å². The van der Waals surface area contributed by atoms with Crippen LogP contribution in [0.1, 0.15) is 11.4 Å². The van der Waals surface area contributed by atoms with Crippen LogP contribution < -0.4 is 0 Å². The lowest BCUT2D eigenvalue weighted by molar-refractivity contribution is 1.13. The van der Waals surface area contributed by atoms with Crippen LogP contribution in [-0.2, 0) is 0 Å². The Balaban J connectivity index is 0.000000159. The highest BCUT2D eigenvalue weighted by molar-refractivity contribution is 9.10. The monoisotopic (exact) mass is 438 g/mol. The molecule has 0 amide bonds. The van der Waals surface area contributed by atoms with Gasteiger partial charge in [-0.15, -0.1) is 0 Å². The zero-order valence-corrected chi connectivity index (χ0v) is 16.9. The molecule has 0 unspecified atom stereocenters. The molecule has 0 N–H and O–H groups in total. The minimum atomic E-state index is 0.519. The summed E-state index contributed by atoms with van der Waals surface area (Å²) in [5.41, 5.74) is 0.889. The first-order chi connectivity index (χ1) is 14.3. The fourth-order valence-electron chi connectivity index (χ4n) is 2.78. The molecule has 138 valence electrons. The fraction of sp³-hybridized carbons (Fsp3) is 0. The molecule has 5 aromatic rings. The van der Waals surface area contributed by atoms with Crippen molar-refractivity contribution in [2.24, 2.45) is 0 Å². The van der Waals surface area contributed by atoms with Gasteiger partial charge in [0.1, 0.15) is 0 Å². The smallest absolute Gasteiger partial charge is 0.205 e. The van der Waals surface area contributed by atoms with Crippen LogP contribution in [0, 0.1) is 11.8 Å². The lowest BCUT2D eigenvalue weighted by Gasteiger charge is -1.98. The van der Waals surface area contributed by atoms with E-state index in [1.807, 2.05) is 61.1 Å². The molecular weight excluding hydrogens is 424 g/mol. The molecule has 0 aliphatic heterocycles. The first-order valence-electron chi connectivity index (χ1n) is 8.91. The highest BCUT2D eigenvalue weighted by Gasteiger charge is 1.97. The summed E-state index contributed by atoms with van der Waals surface area (Å²) in [6.45, 7) is 0. The fourth-order valence-corrected chi connectivity index (χ4v) is 3.26. The van der Waals surface area contributed by atoms with E-state index in [2.05, 4.69) is 53.8 Å². The van der Waals surface area contributed by atoms with Gasteiger partial charge in [-0.3, -0.25) is 9.97 Å². The van der Waals surface area contributed by atoms with Crippen LogP contribution in [0.4, 0.5) is 0 Å². The molecule has 0 spiro atoms. The largest absolute Gasteiger partial charge is 0.263 e. The van der Waals surface area contributed by atoms with Crippen molar-refractivity contribution in [3.63, 3.8) is 0 Å². The summed E-state index contributed by atoms with van der Waals surface area (Å²) in [5, 5.41) is 4.55. The molecule has 2 aromatic carbocycles. The van der Waals surface area contributed by atoms with Gasteiger partial charge >= 0.3 is 0 Å². The summed E-state index contributed by atoms with van der Waals surface area (Å²) < 4.78 is 1.05. The van der Waals surface area contributed by atoms with E-state index in [1.165, 1.54) is 10.8 Å². The summed E-state index contributed by atoms with van der Waals surface area (Å²) in [6.07, 6.45) is 10.6. The van der Waals surface area contributed by atoms with Crippen molar-refractivity contribution in [2.75, 3.05) is 0 Å². The van der Waals surface area contributed by atoms with E-state index in [1.54, 1.807) is 24.7 Å². The standard InChI is InChI=1S/C15H9N3.C9H6BrN/c1-2-5-14-12(4-1)10-16-11-13(14)6-7-15-17-8-3-9-18-15;10-9-6-11-5-7-3-1-2-4-8(7)9/h1-5,8-11H;1-6H. The molecule has 0 fully saturated rings. The molecule has 5 heteroatoms. The van der Waals surface area contributed by atoms with Gasteiger partial charge in [-0.2, -0.15) is 0 Å². The zero-order valence-electron chi connectivity index (χ0n) is 15.3. The van der Waals surface area contributed by atoms with Crippen LogP contribution in [0.2, 0.25) is 0 Å². The number of nitrogens with zero attached hydrogens (tertiary/aromatic N) is 4. The molecule has 4 nitrogen and oxygen atoms in total. The first kappa shape index (κ1) is 18.7. The van der Waals surface area contributed by atoms with Crippen LogP contribution in [0.3, 0.4) is 0 Å². The van der Waals surface area contributed by atoms with Gasteiger partial charge in [-0.05, 0) is 33.3 Å². The van der Waals surface area contributed by atoms with Crippen molar-refractivity contribution in [3.8, 4) is 11.8 Å². The number of benzene rings is 2. The minimum absolute atomic E-state index is 0.519. The molecule has 5 rings (SSSR count). The van der Waals surface area contributed by atoms with Gasteiger partial charge in [-0.25, -0.2) is 9.97 Å². The molecule has 0 radical (unpaired) electrons. The quantitative estimate of drug-likeness (QED) is 0.302. The zero-order chi connectivity index (χ0) is 19.9. The number of pyridine rings is 2. The maximum Gasteiger partial charge on any atom is 0.205 e. The Morgan fingerprint density at radius 2 is 1.24 bits per heavy atom. The van der Waals surface area contributed by atoms with E-state index < -0.39 is 0 Å². The van der Waals surface area contributed by atoms with E-state index in [0.29, 0.717) is 5.82 Å². The number of aromatic nitrogens is 4. The van der Waals surface area contributed by atoms with Crippen LogP contribution in [0.15, 0.2) is 96.3 Å². The topological polar surface area (TPSA) is 51.6 Å². The predicted octanol–water partition coefficient (Wildman–Crippen LogP) is 5.42. The van der Waals surface area contributed by atoms with E-state index in [9.17, 15) is 0 Å². The number of hydrogen-bond acceptors (Lipinski definition) is 4. The molecule has 29 heavy (non-hydrogen) atoms. The summed E-state index contributed by atoms with van der Waals surface area (Å²) in [7, 11) is 0. The Morgan fingerprint density at radius 3 is 1.97 bits per heavy atom. The van der Waals surface area contributed by atoms with Gasteiger partial charge in [-0.1, -0.05) is 54.5 Å². The third-order valence-electron chi connectivity index (χ3n) is 4.16. The second-order valence-corrected chi connectivity index (χ2v) is 6.93. The van der Waals surface area contributed by atoms with Crippen molar-refractivity contribution >= 4 is 37.5 Å². The maximum absolute atomic E-state index is 4.18. The second kappa shape index (κ2) is 9.05. The van der Waals surface area contributed by atoms with Crippen molar-refractivity contribution in [2.45, 2.75) is 0 Å². The van der Waals surface area contributed by atoms with Crippen LogP contribution in [0.25, 0.3) is 21.5 Å². The number of hydrogen-bond donors (Lipinski definition) is 0. The Kier molecular flexibility index (Phi) is 5.84. The lowest BCUT2D eigenvalue weighted by atomic mass is 10.1. The molecule has 0 saturated heterocycles. The number of rotatable bonds is 0. The molecule has 3 heterocycles. The third kappa shape index (κ3) is 4.63. The Hall–Kier alpha value is -3.62. The van der Waals surface area contributed by atoms with Crippen LogP contribution in [-0.4, -0.2) is 19.9 Å². The van der Waals surface area contributed by atoms with E-state index in [4.69, 9.17) is 0 Å². The maximum atomic E-state index is 4.18. The van der Waals surface area contributed by atoms with Crippen molar-refractivity contribution in [1.29, 1.82) is 0 Å². The second-order valence-electron chi connectivity index (χ2n) is 6.07. The van der Waals surface area contributed by atoms with E-state index in [0.717, 1.165) is 20.8 Å². The summed E-state index contributed by atoms with van der Waals surface area (Å²) in [6, 6.07) is 18.0. The molecular formula is C24H15BrN4. The highest BCUT2D eigenvalue weighted by Crippen LogP contribution is 2.21. The molecule has 0 saturated carbocycles. The van der Waals surface area contributed by atoms with Gasteiger partial charge in [0.25, 0.3) is 0 Å². The first-order valence-corrected chi connectivity index (χ1v) is 9.70. The number of fused-ring (bicyclic) bond motifs is 2. The van der Waals surface area contributed by atoms with Crippen molar-refractivity contribution in [1.82, 2.24) is 19.9 Å². The molecule has 0 atom stereocenters. The summed E-state index contributed by atoms with van der Waals surface area (Å²) in [4.78, 5) is 16.4. The van der Waals surface area contributed by atoms with Gasteiger partial charge in [0.2, 0.25) is 5.82 Å². The molecule has 0 bridgehead atoms. The lowest BCUT2D eigenvalue weighted by Crippen LogP contribution is -1.86. The Morgan fingerprint density at radius 1 is 0.621 bits per heavy atom. The van der Waals surface area contributed by atoms with Gasteiger partial charge in [0, 0.05) is 57.8 Å². The summed E-state index contributed by atoms with van der Waals surface area (Å²) in [5.74, 6) is 6.53. The van der Waals surface area contributed by atoms with Gasteiger partial charge in [0.05, 0.1) is 5.56 Å². The Labute approximate surface area is 176 Å². The average Bonchev–Trinajstić information content (AvgIpc) is 2.79. The summed E-state index contributed by atoms with van der Waals surface area (Å²) >= 11 is 3.43. The minimum Gasteiger partial charge on any atom is -0.263 e. The van der Waals surface area contributed by atoms with Gasteiger partial charge < -0.3 is 0 Å². The van der Waals surface area contributed by atoms with Gasteiger partial charge in [0.15, 0.2) is 0 Å². The highest BCUT2D eigenvalue weighted by atomic mass is 79.9. The van der Waals surface area contributed by atoms with E-state index in [-0.39, 0.29) is 0 Å².